The quantitative estimate of drug-likeness (QED) is 0.943. The van der Waals surface area contributed by atoms with Gasteiger partial charge < -0.3 is 9.88 Å². The van der Waals surface area contributed by atoms with Crippen LogP contribution in [0, 0.1) is 5.92 Å². The van der Waals surface area contributed by atoms with Gasteiger partial charge >= 0.3 is 0 Å². The first-order chi connectivity index (χ1) is 9.74. The first kappa shape index (κ1) is 13.2. The van der Waals surface area contributed by atoms with Crippen LogP contribution in [0.15, 0.2) is 36.8 Å². The van der Waals surface area contributed by atoms with Crippen molar-refractivity contribution < 1.29 is 4.79 Å². The molecule has 0 aliphatic carbocycles. The number of fused-ring (bicyclic) bond motifs is 1. The first-order valence-corrected chi connectivity index (χ1v) is 7.12. The Balaban J connectivity index is 1.59. The van der Waals surface area contributed by atoms with Crippen molar-refractivity contribution in [2.75, 3.05) is 0 Å². The predicted molar refractivity (Wildman–Crippen MR) is 77.3 cm³/mol. The minimum atomic E-state index is 0.0293. The number of carbonyl (C=O) groups is 1. The smallest absolute Gasteiger partial charge is 0.223 e. The first-order valence-electron chi connectivity index (χ1n) is 6.74. The van der Waals surface area contributed by atoms with Crippen molar-refractivity contribution in [2.45, 2.75) is 25.9 Å². The van der Waals surface area contributed by atoms with Crippen LogP contribution in [0.25, 0.3) is 0 Å². The molecule has 4 nitrogen and oxygen atoms in total. The van der Waals surface area contributed by atoms with Crippen LogP contribution in [0.2, 0.25) is 5.02 Å². The van der Waals surface area contributed by atoms with Crippen molar-refractivity contribution in [3.8, 4) is 0 Å². The van der Waals surface area contributed by atoms with Gasteiger partial charge in [-0.1, -0.05) is 29.8 Å². The fourth-order valence-electron chi connectivity index (χ4n) is 2.56. The van der Waals surface area contributed by atoms with Crippen LogP contribution >= 0.6 is 11.6 Å². The second kappa shape index (κ2) is 5.67. The molecule has 0 fully saturated rings. The number of aryl methyl sites for hydroxylation is 1. The van der Waals surface area contributed by atoms with Gasteiger partial charge in [0.25, 0.3) is 0 Å². The van der Waals surface area contributed by atoms with Crippen LogP contribution in [-0.4, -0.2) is 15.5 Å². The predicted octanol–water partition coefficient (Wildman–Crippen LogP) is 2.42. The van der Waals surface area contributed by atoms with Crippen molar-refractivity contribution >= 4 is 17.5 Å². The molecule has 0 saturated heterocycles. The molecule has 104 valence electrons. The van der Waals surface area contributed by atoms with E-state index in [9.17, 15) is 4.79 Å². The average Bonchev–Trinajstić information content (AvgIpc) is 2.93. The van der Waals surface area contributed by atoms with E-state index in [4.69, 9.17) is 11.6 Å². The minimum Gasteiger partial charge on any atom is -0.352 e. The normalized spacial score (nSPS) is 17.6. The number of imidazole rings is 1. The van der Waals surface area contributed by atoms with Gasteiger partial charge in [-0.25, -0.2) is 4.98 Å². The fourth-order valence-corrected chi connectivity index (χ4v) is 2.76. The molecule has 1 unspecified atom stereocenters. The molecule has 0 spiro atoms. The lowest BCUT2D eigenvalue weighted by Gasteiger charge is -2.23. The molecule has 0 saturated carbocycles. The van der Waals surface area contributed by atoms with E-state index >= 15 is 0 Å². The van der Waals surface area contributed by atoms with Crippen LogP contribution in [0.4, 0.5) is 0 Å². The van der Waals surface area contributed by atoms with Gasteiger partial charge in [-0.15, -0.1) is 0 Å². The molecule has 20 heavy (non-hydrogen) atoms. The lowest BCUT2D eigenvalue weighted by atomic mass is 9.95. The van der Waals surface area contributed by atoms with Crippen molar-refractivity contribution in [3.63, 3.8) is 0 Å². The topological polar surface area (TPSA) is 46.9 Å². The lowest BCUT2D eigenvalue weighted by Crippen LogP contribution is -2.34. The van der Waals surface area contributed by atoms with E-state index in [1.165, 1.54) is 0 Å². The van der Waals surface area contributed by atoms with Gasteiger partial charge in [0.15, 0.2) is 0 Å². The van der Waals surface area contributed by atoms with Gasteiger partial charge in [0.1, 0.15) is 0 Å². The Morgan fingerprint density at radius 2 is 2.30 bits per heavy atom. The summed E-state index contributed by atoms with van der Waals surface area (Å²) in [6.07, 6.45) is 5.28. The van der Waals surface area contributed by atoms with Crippen LogP contribution in [0.1, 0.15) is 17.7 Å². The summed E-state index contributed by atoms with van der Waals surface area (Å²) in [5, 5.41) is 3.67. The molecule has 1 aliphatic rings. The molecule has 0 radical (unpaired) electrons. The van der Waals surface area contributed by atoms with Crippen LogP contribution in [0.3, 0.4) is 0 Å². The summed E-state index contributed by atoms with van der Waals surface area (Å²) in [6.45, 7) is 1.34. The van der Waals surface area contributed by atoms with Gasteiger partial charge in [0.2, 0.25) is 5.91 Å². The number of nitrogens with zero attached hydrogens (tertiary/aromatic N) is 2. The molecule has 2 heterocycles. The van der Waals surface area contributed by atoms with Gasteiger partial charge in [0.05, 0.1) is 6.33 Å². The number of amides is 1. The Bertz CT molecular complexity index is 623. The summed E-state index contributed by atoms with van der Waals surface area (Å²) >= 11 is 6.08. The van der Waals surface area contributed by atoms with Crippen molar-refractivity contribution in [1.82, 2.24) is 14.9 Å². The van der Waals surface area contributed by atoms with E-state index in [1.807, 2.05) is 36.8 Å². The Hall–Kier alpha value is -1.81. The van der Waals surface area contributed by atoms with Gasteiger partial charge in [-0.3, -0.25) is 4.79 Å². The fraction of sp³-hybridized carbons (Fsp3) is 0.333. The van der Waals surface area contributed by atoms with E-state index in [-0.39, 0.29) is 11.8 Å². The maximum absolute atomic E-state index is 12.2. The van der Waals surface area contributed by atoms with E-state index in [0.717, 1.165) is 30.6 Å². The molecule has 1 amide bonds. The maximum atomic E-state index is 12.2. The van der Waals surface area contributed by atoms with Gasteiger partial charge in [0, 0.05) is 42.3 Å². The molecule has 1 aromatic carbocycles. The Kier molecular flexibility index (Phi) is 3.74. The Morgan fingerprint density at radius 3 is 3.15 bits per heavy atom. The highest BCUT2D eigenvalue weighted by Gasteiger charge is 2.24. The lowest BCUT2D eigenvalue weighted by molar-refractivity contribution is -0.125. The second-order valence-electron chi connectivity index (χ2n) is 5.08. The highest BCUT2D eigenvalue weighted by molar-refractivity contribution is 6.31. The third kappa shape index (κ3) is 2.70. The molecular formula is C15H16ClN3O. The molecule has 2 aromatic rings. The third-order valence-electron chi connectivity index (χ3n) is 3.75. The van der Waals surface area contributed by atoms with Crippen molar-refractivity contribution in [2.24, 2.45) is 5.92 Å². The number of carbonyl (C=O) groups excluding carboxylic acids is 1. The highest BCUT2D eigenvalue weighted by Crippen LogP contribution is 2.20. The molecule has 3 rings (SSSR count). The van der Waals surface area contributed by atoms with E-state index < -0.39 is 0 Å². The summed E-state index contributed by atoms with van der Waals surface area (Å²) in [4.78, 5) is 16.3. The minimum absolute atomic E-state index is 0.0293. The third-order valence-corrected chi connectivity index (χ3v) is 4.12. The average molecular weight is 290 g/mol. The van der Waals surface area contributed by atoms with E-state index in [0.29, 0.717) is 11.6 Å². The molecule has 1 aromatic heterocycles. The number of hydrogen-bond acceptors (Lipinski definition) is 2. The van der Waals surface area contributed by atoms with Crippen LogP contribution in [-0.2, 0) is 24.3 Å². The number of benzene rings is 1. The molecule has 1 atom stereocenters. The number of nitrogens with one attached hydrogen (secondary N) is 1. The van der Waals surface area contributed by atoms with Crippen molar-refractivity contribution in [3.05, 3.63) is 53.1 Å². The van der Waals surface area contributed by atoms with Gasteiger partial charge in [-0.05, 0) is 18.1 Å². The SMILES string of the molecule is O=C(NCc1ccccc1Cl)C1CCn2cncc2C1. The zero-order valence-electron chi connectivity index (χ0n) is 11.1. The zero-order chi connectivity index (χ0) is 13.9. The highest BCUT2D eigenvalue weighted by atomic mass is 35.5. The molecule has 1 aliphatic heterocycles. The van der Waals surface area contributed by atoms with E-state index in [2.05, 4.69) is 14.9 Å². The van der Waals surface area contributed by atoms with Gasteiger partial charge in [-0.2, -0.15) is 0 Å². The Labute approximate surface area is 122 Å². The summed E-state index contributed by atoms with van der Waals surface area (Å²) in [6, 6.07) is 7.57. The van der Waals surface area contributed by atoms with Crippen LogP contribution in [0.5, 0.6) is 0 Å². The Morgan fingerprint density at radius 1 is 1.45 bits per heavy atom. The summed E-state index contributed by atoms with van der Waals surface area (Å²) in [5.74, 6) is 0.124. The van der Waals surface area contributed by atoms with E-state index in [1.54, 1.807) is 0 Å². The molecule has 0 bridgehead atoms. The molecule has 1 N–H and O–H groups in total. The molecular weight excluding hydrogens is 274 g/mol. The standard InChI is InChI=1S/C15H16ClN3O/c16-14-4-2-1-3-12(14)8-18-15(20)11-5-6-19-10-17-9-13(19)7-11/h1-4,9-11H,5-8H2,(H,18,20). The van der Waals surface area contributed by atoms with Crippen LogP contribution < -0.4 is 5.32 Å². The molecule has 5 heteroatoms. The summed E-state index contributed by atoms with van der Waals surface area (Å²) in [7, 11) is 0. The number of aromatic nitrogens is 2. The zero-order valence-corrected chi connectivity index (χ0v) is 11.8. The number of rotatable bonds is 3. The number of hydrogen-bond donors (Lipinski definition) is 1. The largest absolute Gasteiger partial charge is 0.352 e. The summed E-state index contributed by atoms with van der Waals surface area (Å²) in [5.41, 5.74) is 2.08. The second-order valence-corrected chi connectivity index (χ2v) is 5.48. The number of halogens is 1. The van der Waals surface area contributed by atoms with Crippen molar-refractivity contribution in [1.29, 1.82) is 0 Å². The monoisotopic (exact) mass is 289 g/mol. The summed E-state index contributed by atoms with van der Waals surface area (Å²) < 4.78 is 2.11. The maximum Gasteiger partial charge on any atom is 0.223 e.